The van der Waals surface area contributed by atoms with Crippen LogP contribution in [0.25, 0.3) is 0 Å². The van der Waals surface area contributed by atoms with Gasteiger partial charge in [-0.3, -0.25) is 0 Å². The molecule has 100 valence electrons. The van der Waals surface area contributed by atoms with Crippen molar-refractivity contribution in [3.8, 4) is 0 Å². The molecule has 0 radical (unpaired) electrons. The summed E-state index contributed by atoms with van der Waals surface area (Å²) >= 11 is 0. The van der Waals surface area contributed by atoms with E-state index in [0.717, 1.165) is 19.4 Å². The van der Waals surface area contributed by atoms with Crippen molar-refractivity contribution in [1.29, 1.82) is 0 Å². The van der Waals surface area contributed by atoms with Crippen LogP contribution in [0.3, 0.4) is 0 Å². The van der Waals surface area contributed by atoms with Crippen LogP contribution in [0.2, 0.25) is 0 Å². The lowest BCUT2D eigenvalue weighted by molar-refractivity contribution is -0.00173. The van der Waals surface area contributed by atoms with Crippen LogP contribution in [0.15, 0.2) is 24.3 Å². The molecule has 2 heteroatoms. The predicted octanol–water partition coefficient (Wildman–Crippen LogP) is 3.60. The molecule has 0 spiro atoms. The second-order valence-corrected chi connectivity index (χ2v) is 5.59. The Hall–Kier alpha value is -0.860. The van der Waals surface area contributed by atoms with Crippen molar-refractivity contribution in [3.63, 3.8) is 0 Å². The minimum absolute atomic E-state index is 0.0137. The summed E-state index contributed by atoms with van der Waals surface area (Å²) in [5.74, 6) is 0. The second kappa shape index (κ2) is 5.85. The summed E-state index contributed by atoms with van der Waals surface area (Å²) in [6.45, 7) is 5.21. The number of hydrogen-bond acceptors (Lipinski definition) is 2. The van der Waals surface area contributed by atoms with Crippen LogP contribution in [0.4, 0.5) is 0 Å². The average Bonchev–Trinajstić information content (AvgIpc) is 2.84. The van der Waals surface area contributed by atoms with Crippen molar-refractivity contribution >= 4 is 0 Å². The summed E-state index contributed by atoms with van der Waals surface area (Å²) in [6.07, 6.45) is 5.85. The van der Waals surface area contributed by atoms with Crippen molar-refractivity contribution in [2.24, 2.45) is 5.73 Å². The van der Waals surface area contributed by atoms with Crippen molar-refractivity contribution < 1.29 is 4.74 Å². The highest BCUT2D eigenvalue weighted by molar-refractivity contribution is 5.27. The van der Waals surface area contributed by atoms with Gasteiger partial charge in [-0.05, 0) is 43.7 Å². The van der Waals surface area contributed by atoms with Crippen LogP contribution < -0.4 is 5.73 Å². The van der Waals surface area contributed by atoms with Gasteiger partial charge in [0.25, 0.3) is 0 Å². The molecule has 0 saturated carbocycles. The van der Waals surface area contributed by atoms with Crippen LogP contribution in [0.5, 0.6) is 0 Å². The topological polar surface area (TPSA) is 35.2 Å². The monoisotopic (exact) mass is 247 g/mol. The first-order chi connectivity index (χ1) is 8.65. The molecule has 1 heterocycles. The van der Waals surface area contributed by atoms with E-state index in [1.54, 1.807) is 0 Å². The van der Waals surface area contributed by atoms with E-state index in [1.807, 2.05) is 0 Å². The second-order valence-electron chi connectivity index (χ2n) is 5.59. The summed E-state index contributed by atoms with van der Waals surface area (Å²) in [4.78, 5) is 0. The number of unbranched alkanes of at least 4 members (excludes halogenated alkanes) is 1. The Labute approximate surface area is 111 Å². The Morgan fingerprint density at radius 3 is 2.61 bits per heavy atom. The van der Waals surface area contributed by atoms with Crippen molar-refractivity contribution in [3.05, 3.63) is 35.4 Å². The van der Waals surface area contributed by atoms with E-state index in [2.05, 4.69) is 38.1 Å². The highest BCUT2D eigenvalue weighted by Crippen LogP contribution is 2.35. The molecule has 2 atom stereocenters. The van der Waals surface area contributed by atoms with Crippen LogP contribution in [-0.4, -0.2) is 12.2 Å². The van der Waals surface area contributed by atoms with E-state index >= 15 is 0 Å². The first-order valence-corrected chi connectivity index (χ1v) is 7.14. The maximum absolute atomic E-state index is 6.36. The third-order valence-electron chi connectivity index (χ3n) is 4.07. The number of ether oxygens (including phenoxy) is 1. The fourth-order valence-corrected chi connectivity index (χ4v) is 2.67. The zero-order valence-corrected chi connectivity index (χ0v) is 11.6. The third kappa shape index (κ3) is 2.93. The van der Waals surface area contributed by atoms with Gasteiger partial charge in [0.1, 0.15) is 0 Å². The highest BCUT2D eigenvalue weighted by Gasteiger charge is 2.36. The Morgan fingerprint density at radius 2 is 2.06 bits per heavy atom. The van der Waals surface area contributed by atoms with Crippen molar-refractivity contribution in [2.75, 3.05) is 6.61 Å². The van der Waals surface area contributed by atoms with Gasteiger partial charge in [-0.2, -0.15) is 0 Å². The zero-order chi connectivity index (χ0) is 13.0. The SMILES string of the molecule is CCCCc1ccc(C(N)C2(C)CCCO2)cc1. The zero-order valence-electron chi connectivity index (χ0n) is 11.6. The molecule has 1 saturated heterocycles. The quantitative estimate of drug-likeness (QED) is 0.863. The van der Waals surface area contributed by atoms with Crippen LogP contribution >= 0.6 is 0 Å². The third-order valence-corrected chi connectivity index (χ3v) is 4.07. The first-order valence-electron chi connectivity index (χ1n) is 7.14. The summed E-state index contributed by atoms with van der Waals surface area (Å²) in [6, 6.07) is 8.75. The lowest BCUT2D eigenvalue weighted by Gasteiger charge is -2.30. The molecule has 0 amide bonds. The summed E-state index contributed by atoms with van der Waals surface area (Å²) in [7, 11) is 0. The van der Waals surface area contributed by atoms with Crippen LogP contribution in [0.1, 0.15) is 56.7 Å². The molecule has 1 aliphatic rings. The Bertz CT molecular complexity index is 365. The molecule has 18 heavy (non-hydrogen) atoms. The Balaban J connectivity index is 2.04. The number of benzene rings is 1. The molecular weight excluding hydrogens is 222 g/mol. The average molecular weight is 247 g/mol. The molecule has 1 aromatic rings. The van der Waals surface area contributed by atoms with E-state index in [1.165, 1.54) is 30.4 Å². The minimum atomic E-state index is -0.176. The summed E-state index contributed by atoms with van der Waals surface area (Å²) in [5, 5.41) is 0. The molecule has 2 rings (SSSR count). The van der Waals surface area contributed by atoms with E-state index in [0.29, 0.717) is 0 Å². The Kier molecular flexibility index (Phi) is 4.41. The summed E-state index contributed by atoms with van der Waals surface area (Å²) in [5.41, 5.74) is 8.79. The fraction of sp³-hybridized carbons (Fsp3) is 0.625. The van der Waals surface area contributed by atoms with Crippen LogP contribution in [-0.2, 0) is 11.2 Å². The van der Waals surface area contributed by atoms with E-state index in [9.17, 15) is 0 Å². The standard InChI is InChI=1S/C16H25NO/c1-3-4-6-13-7-9-14(10-8-13)15(17)16(2)11-5-12-18-16/h7-10,15H,3-6,11-12,17H2,1-2H3. The van der Waals surface area contributed by atoms with E-state index in [-0.39, 0.29) is 11.6 Å². The van der Waals surface area contributed by atoms with Gasteiger partial charge in [0, 0.05) is 6.61 Å². The van der Waals surface area contributed by atoms with E-state index in [4.69, 9.17) is 10.5 Å². The van der Waals surface area contributed by atoms with Gasteiger partial charge in [-0.15, -0.1) is 0 Å². The van der Waals surface area contributed by atoms with Crippen molar-refractivity contribution in [1.82, 2.24) is 0 Å². The predicted molar refractivity (Wildman–Crippen MR) is 75.6 cm³/mol. The molecule has 0 aromatic heterocycles. The highest BCUT2D eigenvalue weighted by atomic mass is 16.5. The molecule has 1 aliphatic heterocycles. The lowest BCUT2D eigenvalue weighted by Crippen LogP contribution is -2.37. The molecule has 2 unspecified atom stereocenters. The molecule has 2 N–H and O–H groups in total. The van der Waals surface area contributed by atoms with Gasteiger partial charge in [0.05, 0.1) is 11.6 Å². The fourth-order valence-electron chi connectivity index (χ4n) is 2.67. The van der Waals surface area contributed by atoms with Gasteiger partial charge in [-0.1, -0.05) is 37.6 Å². The van der Waals surface area contributed by atoms with Crippen molar-refractivity contribution in [2.45, 2.75) is 57.6 Å². The van der Waals surface area contributed by atoms with Gasteiger partial charge < -0.3 is 10.5 Å². The molecule has 1 fully saturated rings. The number of rotatable bonds is 5. The minimum Gasteiger partial charge on any atom is -0.373 e. The number of aryl methyl sites for hydroxylation is 1. The van der Waals surface area contributed by atoms with Gasteiger partial charge in [-0.25, -0.2) is 0 Å². The summed E-state index contributed by atoms with van der Waals surface area (Å²) < 4.78 is 5.83. The smallest absolute Gasteiger partial charge is 0.0847 e. The molecule has 0 aliphatic carbocycles. The normalized spacial score (nSPS) is 25.3. The maximum Gasteiger partial charge on any atom is 0.0847 e. The van der Waals surface area contributed by atoms with Gasteiger partial charge in [0.15, 0.2) is 0 Å². The van der Waals surface area contributed by atoms with Gasteiger partial charge >= 0.3 is 0 Å². The lowest BCUT2D eigenvalue weighted by atomic mass is 9.88. The Morgan fingerprint density at radius 1 is 1.33 bits per heavy atom. The van der Waals surface area contributed by atoms with E-state index < -0.39 is 0 Å². The van der Waals surface area contributed by atoms with Gasteiger partial charge in [0.2, 0.25) is 0 Å². The molecule has 0 bridgehead atoms. The maximum atomic E-state index is 6.36. The number of nitrogens with two attached hydrogens (primary N) is 1. The molecular formula is C16H25NO. The largest absolute Gasteiger partial charge is 0.373 e. The number of hydrogen-bond donors (Lipinski definition) is 1. The molecule has 2 nitrogen and oxygen atoms in total. The van der Waals surface area contributed by atoms with Crippen LogP contribution in [0, 0.1) is 0 Å². The molecule has 1 aromatic carbocycles. The first kappa shape index (κ1) is 13.6.